The number of anilines is 1. The van der Waals surface area contributed by atoms with Gasteiger partial charge in [-0.05, 0) is 34.1 Å². The van der Waals surface area contributed by atoms with Gasteiger partial charge in [-0.3, -0.25) is 0 Å². The molecule has 0 saturated heterocycles. The van der Waals surface area contributed by atoms with Gasteiger partial charge in [0, 0.05) is 12.3 Å². The van der Waals surface area contributed by atoms with Crippen LogP contribution >= 0.6 is 39.1 Å². The Morgan fingerprint density at radius 2 is 2.05 bits per heavy atom. The average molecular weight is 382 g/mol. The number of aromatic hydroxyl groups is 1. The van der Waals surface area contributed by atoms with Crippen LogP contribution in [0.4, 0.5) is 5.69 Å². The maximum Gasteiger partial charge on any atom is 0.151 e. The summed E-state index contributed by atoms with van der Waals surface area (Å²) in [6.45, 7) is 0. The predicted octanol–water partition coefficient (Wildman–Crippen LogP) is 3.99. The van der Waals surface area contributed by atoms with Crippen LogP contribution in [-0.2, 0) is 11.0 Å². The van der Waals surface area contributed by atoms with Gasteiger partial charge in [-0.25, -0.2) is 9.19 Å². The molecule has 0 bridgehead atoms. The molecule has 0 amide bonds. The van der Waals surface area contributed by atoms with Crippen molar-refractivity contribution in [2.75, 3.05) is 4.72 Å². The van der Waals surface area contributed by atoms with Crippen molar-refractivity contribution in [2.45, 2.75) is 4.90 Å². The fourth-order valence-corrected chi connectivity index (χ4v) is 2.80. The molecule has 2 aromatic rings. The van der Waals surface area contributed by atoms with E-state index in [0.29, 0.717) is 20.2 Å². The second-order valence-electron chi connectivity index (χ2n) is 3.48. The second kappa shape index (κ2) is 6.09. The van der Waals surface area contributed by atoms with Gasteiger partial charge in [-0.2, -0.15) is 0 Å². The predicted molar refractivity (Wildman–Crippen MR) is 80.1 cm³/mol. The van der Waals surface area contributed by atoms with Gasteiger partial charge >= 0.3 is 0 Å². The van der Waals surface area contributed by atoms with E-state index < -0.39 is 11.0 Å². The van der Waals surface area contributed by atoms with Gasteiger partial charge in [0.25, 0.3) is 0 Å². The van der Waals surface area contributed by atoms with Crippen molar-refractivity contribution in [3.8, 4) is 5.75 Å². The van der Waals surface area contributed by atoms with Crippen LogP contribution < -0.4 is 4.72 Å². The van der Waals surface area contributed by atoms with Crippen molar-refractivity contribution in [3.05, 3.63) is 45.1 Å². The van der Waals surface area contributed by atoms with Crippen LogP contribution in [0.5, 0.6) is 5.75 Å². The van der Waals surface area contributed by atoms with Crippen LogP contribution in [0, 0.1) is 0 Å². The Morgan fingerprint density at radius 3 is 2.68 bits per heavy atom. The average Bonchev–Trinajstić information content (AvgIpc) is 2.37. The van der Waals surface area contributed by atoms with Crippen molar-refractivity contribution in [3.63, 3.8) is 0 Å². The largest absolute Gasteiger partial charge is 0.506 e. The molecule has 1 unspecified atom stereocenters. The van der Waals surface area contributed by atoms with Crippen LogP contribution in [-0.4, -0.2) is 14.3 Å². The standard InChI is InChI=1S/C11H7BrCl2N2O2S/c12-8-4-7(5-15-11(8)14)19(18)16-6-1-2-9(13)10(17)3-6/h1-5,16-17H. The van der Waals surface area contributed by atoms with Crippen LogP contribution in [0.3, 0.4) is 0 Å². The summed E-state index contributed by atoms with van der Waals surface area (Å²) >= 11 is 14.7. The lowest BCUT2D eigenvalue weighted by atomic mass is 10.3. The summed E-state index contributed by atoms with van der Waals surface area (Å²) in [5.41, 5.74) is 0.478. The van der Waals surface area contributed by atoms with E-state index in [1.54, 1.807) is 12.1 Å². The SMILES string of the molecule is O=S(Nc1ccc(Cl)c(O)c1)c1cnc(Cl)c(Br)c1. The third-order valence-electron chi connectivity index (χ3n) is 2.14. The number of nitrogens with one attached hydrogen (secondary N) is 1. The number of aromatic nitrogens is 1. The number of pyridine rings is 1. The van der Waals surface area contributed by atoms with Gasteiger partial charge in [-0.15, -0.1) is 0 Å². The Hall–Kier alpha value is -0.820. The fourth-order valence-electron chi connectivity index (χ4n) is 1.25. The molecule has 19 heavy (non-hydrogen) atoms. The highest BCUT2D eigenvalue weighted by molar-refractivity contribution is 9.10. The minimum absolute atomic E-state index is 0.0842. The van der Waals surface area contributed by atoms with Crippen LogP contribution in [0.15, 0.2) is 39.8 Å². The molecular formula is C11H7BrCl2N2O2S. The number of rotatable bonds is 3. The van der Waals surface area contributed by atoms with Crippen LogP contribution in [0.1, 0.15) is 0 Å². The van der Waals surface area contributed by atoms with E-state index in [-0.39, 0.29) is 10.8 Å². The number of phenolic OH excluding ortho intramolecular Hbond substituents is 1. The molecule has 0 fully saturated rings. The highest BCUT2D eigenvalue weighted by Crippen LogP contribution is 2.27. The second-order valence-corrected chi connectivity index (χ2v) is 6.31. The topological polar surface area (TPSA) is 62.2 Å². The van der Waals surface area contributed by atoms with E-state index in [2.05, 4.69) is 25.6 Å². The maximum atomic E-state index is 12.1. The van der Waals surface area contributed by atoms with Crippen molar-refractivity contribution in [2.24, 2.45) is 0 Å². The third-order valence-corrected chi connectivity index (χ3v) is 4.67. The van der Waals surface area contributed by atoms with E-state index in [0.717, 1.165) is 0 Å². The van der Waals surface area contributed by atoms with Crippen molar-refractivity contribution >= 4 is 55.8 Å². The Bertz CT molecular complexity index is 655. The van der Waals surface area contributed by atoms with Crippen LogP contribution in [0.2, 0.25) is 10.2 Å². The van der Waals surface area contributed by atoms with E-state index in [1.807, 2.05) is 0 Å². The van der Waals surface area contributed by atoms with Gasteiger partial charge in [-0.1, -0.05) is 23.2 Å². The van der Waals surface area contributed by atoms with Crippen molar-refractivity contribution in [1.82, 2.24) is 4.98 Å². The Kier molecular flexibility index (Phi) is 4.67. The lowest BCUT2D eigenvalue weighted by Crippen LogP contribution is -2.05. The molecule has 0 spiro atoms. The van der Waals surface area contributed by atoms with Gasteiger partial charge in [0.2, 0.25) is 0 Å². The number of halogens is 3. The Labute approximate surface area is 130 Å². The molecule has 2 N–H and O–H groups in total. The van der Waals surface area contributed by atoms with E-state index >= 15 is 0 Å². The molecule has 0 aliphatic carbocycles. The molecule has 1 atom stereocenters. The first-order chi connectivity index (χ1) is 8.97. The number of hydrogen-bond donors (Lipinski definition) is 2. The first-order valence-electron chi connectivity index (χ1n) is 4.95. The molecule has 100 valence electrons. The lowest BCUT2D eigenvalue weighted by molar-refractivity contribution is 0.476. The van der Waals surface area contributed by atoms with Gasteiger partial charge in [0.1, 0.15) is 10.9 Å². The Balaban J connectivity index is 2.20. The summed E-state index contributed by atoms with van der Waals surface area (Å²) in [6, 6.07) is 6.11. The highest BCUT2D eigenvalue weighted by Gasteiger charge is 2.09. The zero-order valence-corrected chi connectivity index (χ0v) is 13.1. The van der Waals surface area contributed by atoms with E-state index in [9.17, 15) is 9.32 Å². The number of hydrogen-bond acceptors (Lipinski definition) is 3. The van der Waals surface area contributed by atoms with Crippen LogP contribution in [0.25, 0.3) is 0 Å². The Morgan fingerprint density at radius 1 is 1.32 bits per heavy atom. The monoisotopic (exact) mass is 380 g/mol. The minimum atomic E-state index is -1.52. The van der Waals surface area contributed by atoms with E-state index in [4.69, 9.17) is 23.2 Å². The maximum absolute atomic E-state index is 12.1. The number of phenols is 1. The molecule has 4 nitrogen and oxygen atoms in total. The molecule has 1 aromatic carbocycles. The summed E-state index contributed by atoms with van der Waals surface area (Å²) < 4.78 is 15.3. The van der Waals surface area contributed by atoms with Gasteiger partial charge in [0.15, 0.2) is 11.0 Å². The lowest BCUT2D eigenvalue weighted by Gasteiger charge is -2.07. The first kappa shape index (κ1) is 14.6. The van der Waals surface area contributed by atoms with Crippen molar-refractivity contribution < 1.29 is 9.32 Å². The highest BCUT2D eigenvalue weighted by atomic mass is 79.9. The molecule has 0 aliphatic rings. The normalized spacial score (nSPS) is 12.2. The zero-order chi connectivity index (χ0) is 14.0. The molecule has 0 radical (unpaired) electrons. The summed E-state index contributed by atoms with van der Waals surface area (Å²) in [4.78, 5) is 4.34. The fraction of sp³-hybridized carbons (Fsp3) is 0. The molecule has 0 aliphatic heterocycles. The smallest absolute Gasteiger partial charge is 0.151 e. The molecule has 8 heteroatoms. The van der Waals surface area contributed by atoms with Crippen molar-refractivity contribution in [1.29, 1.82) is 0 Å². The third kappa shape index (κ3) is 3.60. The molecule has 2 rings (SSSR count). The zero-order valence-electron chi connectivity index (χ0n) is 9.23. The van der Waals surface area contributed by atoms with E-state index in [1.165, 1.54) is 18.3 Å². The quantitative estimate of drug-likeness (QED) is 0.790. The first-order valence-corrected chi connectivity index (χ1v) is 7.65. The molecule has 1 aromatic heterocycles. The summed E-state index contributed by atoms with van der Waals surface area (Å²) in [6.07, 6.45) is 1.41. The summed E-state index contributed by atoms with van der Waals surface area (Å²) in [5, 5.41) is 9.98. The summed E-state index contributed by atoms with van der Waals surface area (Å²) in [5.74, 6) is -0.0842. The molecule has 1 heterocycles. The number of nitrogens with zero attached hydrogens (tertiary/aromatic N) is 1. The number of benzene rings is 1. The van der Waals surface area contributed by atoms with Gasteiger partial charge in [0.05, 0.1) is 20.1 Å². The van der Waals surface area contributed by atoms with Gasteiger partial charge < -0.3 is 9.83 Å². The molecule has 0 saturated carbocycles. The minimum Gasteiger partial charge on any atom is -0.506 e. The molecular weight excluding hydrogens is 375 g/mol. The summed E-state index contributed by atoms with van der Waals surface area (Å²) in [7, 11) is -1.52.